The number of amides is 3. The third kappa shape index (κ3) is 6.56. The first-order valence-electron chi connectivity index (χ1n) is 10.7. The number of halogens is 1. The number of aromatic nitrogens is 2. The van der Waals surface area contributed by atoms with E-state index in [1.165, 1.54) is 18.4 Å². The molecule has 0 spiro atoms. The van der Waals surface area contributed by atoms with Gasteiger partial charge in [-0.25, -0.2) is 4.79 Å². The van der Waals surface area contributed by atoms with E-state index in [-0.39, 0.29) is 6.42 Å². The number of benzene rings is 3. The number of para-hydroxylation sites is 2. The highest BCUT2D eigenvalue weighted by atomic mass is 35.5. The molecule has 4 rings (SSSR count). The summed E-state index contributed by atoms with van der Waals surface area (Å²) in [6.07, 6.45) is 0.287. The van der Waals surface area contributed by atoms with Gasteiger partial charge in [0.1, 0.15) is 16.8 Å². The summed E-state index contributed by atoms with van der Waals surface area (Å²) in [7, 11) is 1.52. The van der Waals surface area contributed by atoms with E-state index in [0.29, 0.717) is 26.6 Å². The van der Waals surface area contributed by atoms with Gasteiger partial charge in [-0.1, -0.05) is 77.5 Å². The first-order valence-corrected chi connectivity index (χ1v) is 11.9. The van der Waals surface area contributed by atoms with Gasteiger partial charge in [0, 0.05) is 17.0 Å². The van der Waals surface area contributed by atoms with Gasteiger partial charge >= 0.3 is 6.03 Å². The smallest absolute Gasteiger partial charge is 0.320 e. The Bertz CT molecular complexity index is 1300. The summed E-state index contributed by atoms with van der Waals surface area (Å²) in [5.74, 6) is 0.0955. The molecule has 3 amide bonds. The van der Waals surface area contributed by atoms with E-state index in [1.807, 2.05) is 42.5 Å². The predicted molar refractivity (Wildman–Crippen MR) is 138 cm³/mol. The van der Waals surface area contributed by atoms with Crippen molar-refractivity contribution >= 4 is 45.7 Å². The number of rotatable bonds is 8. The Labute approximate surface area is 211 Å². The molecule has 4 aromatic rings. The van der Waals surface area contributed by atoms with Crippen LogP contribution in [0.5, 0.6) is 5.75 Å². The first kappa shape index (κ1) is 24.2. The summed E-state index contributed by atoms with van der Waals surface area (Å²) in [6.45, 7) is 0. The van der Waals surface area contributed by atoms with Crippen molar-refractivity contribution < 1.29 is 14.3 Å². The number of methoxy groups -OCH3 is 1. The summed E-state index contributed by atoms with van der Waals surface area (Å²) in [5.41, 5.74) is 2.22. The van der Waals surface area contributed by atoms with Crippen LogP contribution < -0.4 is 20.7 Å². The first-order chi connectivity index (χ1) is 17.0. The monoisotopic (exact) mass is 507 g/mol. The Kier molecular flexibility index (Phi) is 7.92. The molecule has 1 atom stereocenters. The Morgan fingerprint density at radius 3 is 2.40 bits per heavy atom. The molecule has 3 N–H and O–H groups in total. The van der Waals surface area contributed by atoms with E-state index in [2.05, 4.69) is 26.1 Å². The zero-order valence-electron chi connectivity index (χ0n) is 18.7. The van der Waals surface area contributed by atoms with E-state index in [0.717, 1.165) is 11.1 Å². The zero-order valence-corrected chi connectivity index (χ0v) is 20.3. The van der Waals surface area contributed by atoms with Crippen LogP contribution in [0.3, 0.4) is 0 Å². The predicted octanol–water partition coefficient (Wildman–Crippen LogP) is 5.24. The Hall–Kier alpha value is -3.95. The third-order valence-corrected chi connectivity index (χ3v) is 6.15. The molecule has 178 valence electrons. The lowest BCUT2D eigenvalue weighted by Crippen LogP contribution is -2.47. The quantitative estimate of drug-likeness (QED) is 0.302. The van der Waals surface area contributed by atoms with Gasteiger partial charge < -0.3 is 15.4 Å². The zero-order chi connectivity index (χ0) is 24.6. The van der Waals surface area contributed by atoms with Gasteiger partial charge in [-0.3, -0.25) is 10.1 Å². The normalized spacial score (nSPS) is 11.4. The van der Waals surface area contributed by atoms with E-state index in [4.69, 9.17) is 16.3 Å². The van der Waals surface area contributed by atoms with Crippen molar-refractivity contribution in [3.8, 4) is 16.3 Å². The van der Waals surface area contributed by atoms with Gasteiger partial charge in [0.05, 0.1) is 12.8 Å². The highest BCUT2D eigenvalue weighted by Crippen LogP contribution is 2.27. The van der Waals surface area contributed by atoms with Crippen LogP contribution in [-0.2, 0) is 11.2 Å². The summed E-state index contributed by atoms with van der Waals surface area (Å²) in [6, 6.07) is 22.2. The van der Waals surface area contributed by atoms with Crippen molar-refractivity contribution in [2.75, 3.05) is 17.7 Å². The van der Waals surface area contributed by atoms with Gasteiger partial charge in [-0.2, -0.15) is 0 Å². The lowest BCUT2D eigenvalue weighted by Gasteiger charge is -2.19. The molecule has 8 nitrogen and oxygen atoms in total. The van der Waals surface area contributed by atoms with Crippen LogP contribution in [0.25, 0.3) is 10.6 Å². The Morgan fingerprint density at radius 2 is 1.66 bits per heavy atom. The van der Waals surface area contributed by atoms with Crippen LogP contribution in [0.4, 0.5) is 15.6 Å². The summed E-state index contributed by atoms with van der Waals surface area (Å²) in [5, 5.41) is 18.1. The van der Waals surface area contributed by atoms with Crippen LogP contribution in [0.2, 0.25) is 5.02 Å². The second kappa shape index (κ2) is 11.5. The van der Waals surface area contributed by atoms with Crippen molar-refractivity contribution in [3.63, 3.8) is 0 Å². The average Bonchev–Trinajstić information content (AvgIpc) is 3.33. The topological polar surface area (TPSA) is 105 Å². The molecule has 0 saturated heterocycles. The standard InChI is InChI=1S/C25H22ClN5O3S/c1-34-21-10-6-5-9-19(21)27-24(33)28-20(15-16-7-3-2-4-8-16)22(32)29-25-31-30-23(35-25)17-11-13-18(26)14-12-17/h2-14,20H,15H2,1H3,(H2,27,28,33)(H,29,31,32). The number of carbonyl (C=O) groups excluding carboxylic acids is 2. The molecule has 0 aliphatic heterocycles. The molecular formula is C25H22ClN5O3S. The second-order valence-electron chi connectivity index (χ2n) is 7.45. The molecular weight excluding hydrogens is 486 g/mol. The number of nitrogens with zero attached hydrogens (tertiary/aromatic N) is 2. The third-order valence-electron chi connectivity index (χ3n) is 5.01. The van der Waals surface area contributed by atoms with Crippen LogP contribution in [-0.4, -0.2) is 35.3 Å². The maximum Gasteiger partial charge on any atom is 0.320 e. The minimum Gasteiger partial charge on any atom is -0.495 e. The fourth-order valence-electron chi connectivity index (χ4n) is 3.30. The van der Waals surface area contributed by atoms with Gasteiger partial charge in [0.2, 0.25) is 11.0 Å². The van der Waals surface area contributed by atoms with Crippen LogP contribution >= 0.6 is 22.9 Å². The molecule has 10 heteroatoms. The molecule has 0 saturated carbocycles. The minimum atomic E-state index is -0.866. The number of nitrogens with one attached hydrogen (secondary N) is 3. The van der Waals surface area contributed by atoms with Gasteiger partial charge in [-0.15, -0.1) is 10.2 Å². The summed E-state index contributed by atoms with van der Waals surface area (Å²) in [4.78, 5) is 25.9. The van der Waals surface area contributed by atoms with E-state index >= 15 is 0 Å². The van der Waals surface area contributed by atoms with Crippen LogP contribution in [0.1, 0.15) is 5.56 Å². The molecule has 1 heterocycles. The van der Waals surface area contributed by atoms with Crippen molar-refractivity contribution in [3.05, 3.63) is 89.4 Å². The molecule has 0 bridgehead atoms. The lowest BCUT2D eigenvalue weighted by atomic mass is 10.1. The minimum absolute atomic E-state index is 0.287. The highest BCUT2D eigenvalue weighted by molar-refractivity contribution is 7.18. The summed E-state index contributed by atoms with van der Waals surface area (Å²) < 4.78 is 5.28. The Balaban J connectivity index is 1.48. The largest absolute Gasteiger partial charge is 0.495 e. The fraction of sp³-hybridized carbons (Fsp3) is 0.120. The van der Waals surface area contributed by atoms with Crippen LogP contribution in [0, 0.1) is 0 Å². The van der Waals surface area contributed by atoms with Gasteiger partial charge in [-0.05, 0) is 29.8 Å². The summed E-state index contributed by atoms with van der Waals surface area (Å²) >= 11 is 7.18. The molecule has 1 unspecified atom stereocenters. The molecule has 35 heavy (non-hydrogen) atoms. The second-order valence-corrected chi connectivity index (χ2v) is 8.86. The maximum absolute atomic E-state index is 13.2. The van der Waals surface area contributed by atoms with Crippen molar-refractivity contribution in [2.24, 2.45) is 0 Å². The van der Waals surface area contributed by atoms with Crippen molar-refractivity contribution in [1.29, 1.82) is 0 Å². The molecule has 1 aromatic heterocycles. The number of carbonyl (C=O) groups is 2. The SMILES string of the molecule is COc1ccccc1NC(=O)NC(Cc1ccccc1)C(=O)Nc1nnc(-c2ccc(Cl)cc2)s1. The van der Waals surface area contributed by atoms with E-state index < -0.39 is 18.0 Å². The van der Waals surface area contributed by atoms with Crippen molar-refractivity contribution in [2.45, 2.75) is 12.5 Å². The molecule has 0 aliphatic carbocycles. The maximum atomic E-state index is 13.2. The van der Waals surface area contributed by atoms with E-state index in [1.54, 1.807) is 36.4 Å². The molecule has 3 aromatic carbocycles. The Morgan fingerprint density at radius 1 is 0.943 bits per heavy atom. The number of ether oxygens (including phenoxy) is 1. The number of anilines is 2. The van der Waals surface area contributed by atoms with Crippen LogP contribution in [0.15, 0.2) is 78.9 Å². The number of urea groups is 1. The fourth-order valence-corrected chi connectivity index (χ4v) is 4.18. The van der Waals surface area contributed by atoms with Gasteiger partial charge in [0.25, 0.3) is 0 Å². The number of hydrogen-bond acceptors (Lipinski definition) is 6. The number of hydrogen-bond donors (Lipinski definition) is 3. The molecule has 0 aliphatic rings. The van der Waals surface area contributed by atoms with E-state index in [9.17, 15) is 9.59 Å². The average molecular weight is 508 g/mol. The van der Waals surface area contributed by atoms with Gasteiger partial charge in [0.15, 0.2) is 0 Å². The lowest BCUT2D eigenvalue weighted by molar-refractivity contribution is -0.117. The highest BCUT2D eigenvalue weighted by Gasteiger charge is 2.23. The van der Waals surface area contributed by atoms with Crippen molar-refractivity contribution in [1.82, 2.24) is 15.5 Å². The molecule has 0 fully saturated rings. The molecule has 0 radical (unpaired) electrons.